The van der Waals surface area contributed by atoms with Crippen LogP contribution in [0.4, 0.5) is 11.4 Å². The van der Waals surface area contributed by atoms with Gasteiger partial charge in [-0.25, -0.2) is 0 Å². The van der Waals surface area contributed by atoms with Crippen LogP contribution < -0.4 is 10.1 Å². The van der Waals surface area contributed by atoms with E-state index in [1.165, 1.54) is 36.3 Å². The first-order valence-corrected chi connectivity index (χ1v) is 7.70. The molecule has 0 spiro atoms. The molecule has 8 heteroatoms. The molecule has 0 heterocycles. The molecule has 26 heavy (non-hydrogen) atoms. The lowest BCUT2D eigenvalue weighted by Crippen LogP contribution is -2.22. The van der Waals surface area contributed by atoms with Crippen molar-refractivity contribution in [2.24, 2.45) is 0 Å². The van der Waals surface area contributed by atoms with Gasteiger partial charge >= 0.3 is 0 Å². The number of ether oxygens (including phenoxy) is 1. The van der Waals surface area contributed by atoms with Crippen molar-refractivity contribution in [2.45, 2.75) is 6.92 Å². The summed E-state index contributed by atoms with van der Waals surface area (Å²) in [4.78, 5) is 36.4. The van der Waals surface area contributed by atoms with Crippen molar-refractivity contribution in [3.05, 3.63) is 63.2 Å². The molecular formula is C18H19N3O5. The maximum Gasteiger partial charge on any atom is 0.272 e. The van der Waals surface area contributed by atoms with Crippen molar-refractivity contribution in [2.75, 3.05) is 26.5 Å². The molecule has 0 aliphatic carbocycles. The first-order chi connectivity index (χ1) is 12.2. The van der Waals surface area contributed by atoms with Crippen molar-refractivity contribution >= 4 is 23.2 Å². The fourth-order valence-corrected chi connectivity index (χ4v) is 2.39. The Balaban J connectivity index is 2.33. The number of nitrogens with zero attached hydrogens (tertiary/aromatic N) is 2. The first kappa shape index (κ1) is 18.9. The van der Waals surface area contributed by atoms with E-state index in [2.05, 4.69) is 5.32 Å². The number of carbonyl (C=O) groups excluding carboxylic acids is 2. The van der Waals surface area contributed by atoms with E-state index in [-0.39, 0.29) is 17.2 Å². The molecule has 0 radical (unpaired) electrons. The van der Waals surface area contributed by atoms with E-state index in [1.807, 2.05) is 0 Å². The van der Waals surface area contributed by atoms with Crippen LogP contribution in [-0.4, -0.2) is 42.8 Å². The highest BCUT2D eigenvalue weighted by molar-refractivity contribution is 6.06. The summed E-state index contributed by atoms with van der Waals surface area (Å²) in [5, 5.41) is 13.6. The summed E-state index contributed by atoms with van der Waals surface area (Å²) in [6.45, 7) is 1.56. The van der Waals surface area contributed by atoms with Gasteiger partial charge in [0, 0.05) is 36.9 Å². The largest absolute Gasteiger partial charge is 0.495 e. The van der Waals surface area contributed by atoms with Gasteiger partial charge in [0.1, 0.15) is 5.75 Å². The van der Waals surface area contributed by atoms with Crippen molar-refractivity contribution in [1.82, 2.24) is 4.90 Å². The minimum absolute atomic E-state index is 0.0577. The van der Waals surface area contributed by atoms with E-state index in [0.29, 0.717) is 22.6 Å². The van der Waals surface area contributed by atoms with Crippen LogP contribution in [-0.2, 0) is 0 Å². The average molecular weight is 357 g/mol. The van der Waals surface area contributed by atoms with Crippen LogP contribution >= 0.6 is 0 Å². The van der Waals surface area contributed by atoms with E-state index in [0.717, 1.165) is 0 Å². The molecule has 2 rings (SSSR count). The lowest BCUT2D eigenvalue weighted by Gasteiger charge is -2.14. The summed E-state index contributed by atoms with van der Waals surface area (Å²) in [5.41, 5.74) is 1.32. The van der Waals surface area contributed by atoms with E-state index < -0.39 is 10.8 Å². The number of methoxy groups -OCH3 is 1. The van der Waals surface area contributed by atoms with Crippen LogP contribution in [0.1, 0.15) is 26.3 Å². The van der Waals surface area contributed by atoms with Crippen LogP contribution in [0.3, 0.4) is 0 Å². The maximum absolute atomic E-state index is 12.5. The zero-order chi connectivity index (χ0) is 19.4. The topological polar surface area (TPSA) is 102 Å². The quantitative estimate of drug-likeness (QED) is 0.655. The molecule has 2 amide bonds. The van der Waals surface area contributed by atoms with Crippen molar-refractivity contribution < 1.29 is 19.2 Å². The van der Waals surface area contributed by atoms with Gasteiger partial charge in [-0.1, -0.05) is 0 Å². The normalized spacial score (nSPS) is 10.2. The Hall–Kier alpha value is -3.42. The number of anilines is 1. The van der Waals surface area contributed by atoms with Crippen LogP contribution in [0.25, 0.3) is 0 Å². The summed E-state index contributed by atoms with van der Waals surface area (Å²) in [6, 6.07) is 8.82. The molecule has 0 aliphatic rings. The van der Waals surface area contributed by atoms with Gasteiger partial charge in [0.25, 0.3) is 17.5 Å². The van der Waals surface area contributed by atoms with Crippen LogP contribution in [0.2, 0.25) is 0 Å². The standard InChI is InChI=1S/C18H19N3O5/c1-11-9-12(5-7-15(11)21(24)25)17(22)19-14-10-13(18(23)20(2)3)6-8-16(14)26-4/h5-10H,1-4H3,(H,19,22). The van der Waals surface area contributed by atoms with Crippen molar-refractivity contribution in [3.8, 4) is 5.75 Å². The average Bonchev–Trinajstić information content (AvgIpc) is 2.60. The molecule has 2 aromatic rings. The van der Waals surface area contributed by atoms with Gasteiger partial charge in [-0.05, 0) is 37.3 Å². The number of nitro benzene ring substituents is 1. The monoisotopic (exact) mass is 357 g/mol. The minimum Gasteiger partial charge on any atom is -0.495 e. The second-order valence-corrected chi connectivity index (χ2v) is 5.83. The summed E-state index contributed by atoms with van der Waals surface area (Å²) < 4.78 is 5.22. The Morgan fingerprint density at radius 2 is 1.77 bits per heavy atom. The van der Waals surface area contributed by atoms with Crippen LogP contribution in [0.5, 0.6) is 5.75 Å². The molecule has 0 aromatic heterocycles. The van der Waals surface area contributed by atoms with Crippen LogP contribution in [0, 0.1) is 17.0 Å². The summed E-state index contributed by atoms with van der Waals surface area (Å²) in [5.74, 6) is -0.280. The Morgan fingerprint density at radius 3 is 2.31 bits per heavy atom. The van der Waals surface area contributed by atoms with Crippen LogP contribution in [0.15, 0.2) is 36.4 Å². The molecule has 0 unspecified atom stereocenters. The number of hydrogen-bond acceptors (Lipinski definition) is 5. The van der Waals surface area contributed by atoms with Gasteiger partial charge in [0.2, 0.25) is 0 Å². The third-order valence-electron chi connectivity index (χ3n) is 3.76. The van der Waals surface area contributed by atoms with Crippen molar-refractivity contribution in [1.29, 1.82) is 0 Å². The predicted molar refractivity (Wildman–Crippen MR) is 96.8 cm³/mol. The van der Waals surface area contributed by atoms with Gasteiger partial charge in [-0.15, -0.1) is 0 Å². The summed E-state index contributed by atoms with van der Waals surface area (Å²) in [7, 11) is 4.71. The van der Waals surface area contributed by atoms with E-state index in [1.54, 1.807) is 33.2 Å². The number of amides is 2. The zero-order valence-corrected chi connectivity index (χ0v) is 14.9. The number of hydrogen-bond donors (Lipinski definition) is 1. The molecule has 1 N–H and O–H groups in total. The maximum atomic E-state index is 12.5. The van der Waals surface area contributed by atoms with Crippen molar-refractivity contribution in [3.63, 3.8) is 0 Å². The molecule has 136 valence electrons. The number of nitro groups is 1. The summed E-state index contributed by atoms with van der Waals surface area (Å²) >= 11 is 0. The van der Waals surface area contributed by atoms with E-state index >= 15 is 0 Å². The Labute approximate surface area is 150 Å². The Morgan fingerprint density at radius 1 is 1.12 bits per heavy atom. The SMILES string of the molecule is COc1ccc(C(=O)N(C)C)cc1NC(=O)c1ccc([N+](=O)[O-])c(C)c1. The highest BCUT2D eigenvalue weighted by Crippen LogP contribution is 2.27. The Bertz CT molecular complexity index is 877. The first-order valence-electron chi connectivity index (χ1n) is 7.70. The van der Waals surface area contributed by atoms with Gasteiger partial charge in [-0.3, -0.25) is 19.7 Å². The van der Waals surface area contributed by atoms with E-state index in [4.69, 9.17) is 4.74 Å². The second-order valence-electron chi connectivity index (χ2n) is 5.83. The number of nitrogens with one attached hydrogen (secondary N) is 1. The predicted octanol–water partition coefficient (Wildman–Crippen LogP) is 2.87. The lowest BCUT2D eigenvalue weighted by molar-refractivity contribution is -0.385. The molecule has 0 saturated heterocycles. The van der Waals surface area contributed by atoms with Gasteiger partial charge < -0.3 is 15.0 Å². The molecule has 0 aliphatic heterocycles. The zero-order valence-electron chi connectivity index (χ0n) is 14.9. The third kappa shape index (κ3) is 3.97. The number of rotatable bonds is 5. The smallest absolute Gasteiger partial charge is 0.272 e. The van der Waals surface area contributed by atoms with Gasteiger partial charge in [0.15, 0.2) is 0 Å². The number of benzene rings is 2. The number of carbonyl (C=O) groups is 2. The fraction of sp³-hybridized carbons (Fsp3) is 0.222. The number of aryl methyl sites for hydroxylation is 1. The molecule has 0 saturated carbocycles. The summed E-state index contributed by atoms with van der Waals surface area (Å²) in [6.07, 6.45) is 0. The third-order valence-corrected chi connectivity index (χ3v) is 3.76. The van der Waals surface area contributed by atoms with E-state index in [9.17, 15) is 19.7 Å². The minimum atomic E-state index is -0.504. The molecule has 2 aromatic carbocycles. The Kier molecular flexibility index (Phi) is 5.56. The highest BCUT2D eigenvalue weighted by atomic mass is 16.6. The van der Waals surface area contributed by atoms with Gasteiger partial charge in [-0.2, -0.15) is 0 Å². The second kappa shape index (κ2) is 7.64. The highest BCUT2D eigenvalue weighted by Gasteiger charge is 2.17. The molecule has 0 bridgehead atoms. The fourth-order valence-electron chi connectivity index (χ4n) is 2.39. The molecule has 0 fully saturated rings. The lowest BCUT2D eigenvalue weighted by atomic mass is 10.1. The van der Waals surface area contributed by atoms with Gasteiger partial charge in [0.05, 0.1) is 17.7 Å². The molecule has 8 nitrogen and oxygen atoms in total. The molecular weight excluding hydrogens is 338 g/mol. The molecule has 0 atom stereocenters.